The van der Waals surface area contributed by atoms with Crippen molar-refractivity contribution in [2.45, 2.75) is 71.8 Å². The van der Waals surface area contributed by atoms with Gasteiger partial charge in [0.25, 0.3) is 0 Å². The van der Waals surface area contributed by atoms with E-state index >= 15 is 0 Å². The van der Waals surface area contributed by atoms with Gasteiger partial charge in [-0.3, -0.25) is 9.59 Å². The summed E-state index contributed by atoms with van der Waals surface area (Å²) in [5, 5.41) is 27.8. The Kier molecular flexibility index (Phi) is 15.8. The van der Waals surface area contributed by atoms with Crippen molar-refractivity contribution in [3.63, 3.8) is 0 Å². The zero-order valence-electron chi connectivity index (χ0n) is 29.1. The van der Waals surface area contributed by atoms with Crippen LogP contribution >= 0.6 is 0 Å². The number of piperidine rings is 1. The van der Waals surface area contributed by atoms with Gasteiger partial charge in [0.15, 0.2) is 0 Å². The molecule has 5 amide bonds. The molecule has 0 aromatic heterocycles. The lowest BCUT2D eigenvalue weighted by Crippen LogP contribution is -2.60. The first-order chi connectivity index (χ1) is 23.9. The van der Waals surface area contributed by atoms with E-state index in [0.717, 1.165) is 11.1 Å². The van der Waals surface area contributed by atoms with Crippen molar-refractivity contribution < 1.29 is 43.7 Å². The smallest absolute Gasteiger partial charge is 0.407 e. The Balaban J connectivity index is 1.66. The number of nitrogens with one attached hydrogen (secondary N) is 3. The van der Waals surface area contributed by atoms with Gasteiger partial charge in [0, 0.05) is 32.7 Å². The summed E-state index contributed by atoms with van der Waals surface area (Å²) < 4.78 is 10.5. The van der Waals surface area contributed by atoms with Crippen LogP contribution in [0.5, 0.6) is 0 Å². The maximum atomic E-state index is 13.9. The van der Waals surface area contributed by atoms with Crippen molar-refractivity contribution in [1.82, 2.24) is 25.8 Å². The number of alkyl carbamates (subject to hydrolysis) is 2. The van der Waals surface area contributed by atoms with Crippen LogP contribution in [-0.2, 0) is 32.3 Å². The molecule has 0 bridgehead atoms. The summed E-state index contributed by atoms with van der Waals surface area (Å²) in [6.07, 6.45) is -1.04. The molecule has 14 nitrogen and oxygen atoms in total. The fourth-order valence-corrected chi connectivity index (χ4v) is 6.10. The molecule has 0 aliphatic carbocycles. The van der Waals surface area contributed by atoms with Crippen molar-refractivity contribution >= 4 is 30.1 Å². The zero-order valence-corrected chi connectivity index (χ0v) is 29.1. The van der Waals surface area contributed by atoms with Crippen LogP contribution in [-0.4, -0.2) is 102 Å². The summed E-state index contributed by atoms with van der Waals surface area (Å²) in [5.74, 6) is -1.64. The highest BCUT2D eigenvalue weighted by Gasteiger charge is 2.45. The molecule has 274 valence electrons. The van der Waals surface area contributed by atoms with Crippen LogP contribution in [0, 0.1) is 11.3 Å². The van der Waals surface area contributed by atoms with E-state index in [1.807, 2.05) is 81.4 Å². The number of carbonyl (C=O) groups is 5. The molecule has 1 heterocycles. The second-order valence-corrected chi connectivity index (χ2v) is 13.3. The SMILES string of the molecule is CC(C)(C)C1C(C(=O)N[C@@H](CCCNC(=O)OCc2ccccc2)C(=O)N(CCO)CCNC(=O)OCc2ccccc2)CCCN1C(=O)O. The van der Waals surface area contributed by atoms with Gasteiger partial charge in [0.05, 0.1) is 18.6 Å². The average molecular weight is 698 g/mol. The molecule has 1 fully saturated rings. The minimum Gasteiger partial charge on any atom is -0.465 e. The number of ether oxygens (including phenoxy) is 2. The fourth-order valence-electron chi connectivity index (χ4n) is 6.10. The van der Waals surface area contributed by atoms with Crippen molar-refractivity contribution in [3.05, 3.63) is 71.8 Å². The van der Waals surface area contributed by atoms with E-state index in [-0.39, 0.29) is 52.4 Å². The molecule has 1 aliphatic rings. The number of carboxylic acid groups (broad SMARTS) is 1. The lowest BCUT2D eigenvalue weighted by atomic mass is 9.73. The monoisotopic (exact) mass is 697 g/mol. The molecule has 2 aromatic carbocycles. The van der Waals surface area contributed by atoms with Gasteiger partial charge in [-0.05, 0) is 42.2 Å². The van der Waals surface area contributed by atoms with E-state index in [4.69, 9.17) is 9.47 Å². The van der Waals surface area contributed by atoms with Gasteiger partial charge in [-0.1, -0.05) is 81.4 Å². The van der Waals surface area contributed by atoms with Crippen molar-refractivity contribution in [1.29, 1.82) is 0 Å². The van der Waals surface area contributed by atoms with Crippen LogP contribution in [0.1, 0.15) is 57.6 Å². The van der Waals surface area contributed by atoms with E-state index in [1.54, 1.807) is 0 Å². The maximum Gasteiger partial charge on any atom is 0.407 e. The summed E-state index contributed by atoms with van der Waals surface area (Å²) in [6, 6.07) is 16.7. The van der Waals surface area contributed by atoms with Crippen LogP contribution in [0.15, 0.2) is 60.7 Å². The Labute approximate surface area is 293 Å². The molecule has 1 saturated heterocycles. The number of aliphatic hydroxyl groups is 1. The summed E-state index contributed by atoms with van der Waals surface area (Å²) in [6.45, 7) is 5.90. The van der Waals surface area contributed by atoms with Gasteiger partial charge in [0.2, 0.25) is 11.8 Å². The Morgan fingerprint density at radius 3 is 1.96 bits per heavy atom. The van der Waals surface area contributed by atoms with Gasteiger partial charge in [0.1, 0.15) is 19.3 Å². The fraction of sp³-hybridized carbons (Fsp3) is 0.528. The summed E-state index contributed by atoms with van der Waals surface area (Å²) in [5.41, 5.74) is 1.08. The molecule has 2 aromatic rings. The number of rotatable bonds is 16. The molecule has 5 N–H and O–H groups in total. The Hall–Kier alpha value is -4.85. The predicted molar refractivity (Wildman–Crippen MR) is 185 cm³/mol. The minimum absolute atomic E-state index is 0.0249. The molecule has 50 heavy (non-hydrogen) atoms. The number of hydrogen-bond acceptors (Lipinski definition) is 8. The van der Waals surface area contributed by atoms with Gasteiger partial charge in [-0.15, -0.1) is 0 Å². The van der Waals surface area contributed by atoms with Crippen molar-refractivity contribution in [2.24, 2.45) is 11.3 Å². The standard InChI is InChI=1S/C36H51N5O9/c1-36(2,3)30-28(16-11-20-41(30)35(47)48)31(43)39-29(17-10-18-37-33(45)49-24-26-12-6-4-7-13-26)32(44)40(22-23-42)21-19-38-34(46)50-25-27-14-8-5-9-15-27/h4-9,12-15,28-30,42H,10-11,16-25H2,1-3H3,(H,37,45)(H,38,46)(H,39,43)(H,47,48)/t28?,29-,30?/m0/s1. The molecule has 2 unspecified atom stereocenters. The van der Waals surface area contributed by atoms with Crippen LogP contribution in [0.3, 0.4) is 0 Å². The number of aliphatic hydroxyl groups excluding tert-OH is 1. The Morgan fingerprint density at radius 2 is 1.44 bits per heavy atom. The van der Waals surface area contributed by atoms with Crippen LogP contribution in [0.25, 0.3) is 0 Å². The Morgan fingerprint density at radius 1 is 0.880 bits per heavy atom. The number of hydrogen-bond donors (Lipinski definition) is 5. The maximum absolute atomic E-state index is 13.9. The van der Waals surface area contributed by atoms with Gasteiger partial charge in [-0.25, -0.2) is 14.4 Å². The number of benzene rings is 2. The first kappa shape index (κ1) is 39.6. The highest BCUT2D eigenvalue weighted by Crippen LogP contribution is 2.36. The van der Waals surface area contributed by atoms with Crippen molar-refractivity contribution in [2.75, 3.05) is 39.3 Å². The third-order valence-electron chi connectivity index (χ3n) is 8.41. The lowest BCUT2D eigenvalue weighted by molar-refractivity contribution is -0.140. The van der Waals surface area contributed by atoms with Crippen molar-refractivity contribution in [3.8, 4) is 0 Å². The number of likely N-dealkylation sites (tertiary alicyclic amines) is 1. The van der Waals surface area contributed by atoms with E-state index in [9.17, 15) is 34.2 Å². The van der Waals surface area contributed by atoms with Gasteiger partial charge < -0.3 is 45.4 Å². The number of amides is 5. The number of nitrogens with zero attached hydrogens (tertiary/aromatic N) is 2. The zero-order chi connectivity index (χ0) is 36.5. The largest absolute Gasteiger partial charge is 0.465 e. The highest BCUT2D eigenvalue weighted by molar-refractivity contribution is 5.89. The second-order valence-electron chi connectivity index (χ2n) is 13.3. The lowest BCUT2D eigenvalue weighted by Gasteiger charge is -2.46. The second kappa shape index (κ2) is 20.0. The van der Waals surface area contributed by atoms with Crippen LogP contribution < -0.4 is 16.0 Å². The first-order valence-electron chi connectivity index (χ1n) is 17.0. The topological polar surface area (TPSA) is 187 Å². The van der Waals surface area contributed by atoms with E-state index < -0.39 is 53.5 Å². The predicted octanol–water partition coefficient (Wildman–Crippen LogP) is 3.73. The molecule has 0 saturated carbocycles. The van der Waals surface area contributed by atoms with Crippen LogP contribution in [0.4, 0.5) is 14.4 Å². The minimum atomic E-state index is -1.11. The molecule has 3 rings (SSSR count). The molecular formula is C36H51N5O9. The summed E-state index contributed by atoms with van der Waals surface area (Å²) in [7, 11) is 0. The van der Waals surface area contributed by atoms with E-state index in [1.165, 1.54) is 9.80 Å². The molecule has 3 atom stereocenters. The van der Waals surface area contributed by atoms with E-state index in [0.29, 0.717) is 25.8 Å². The van der Waals surface area contributed by atoms with Gasteiger partial charge in [-0.2, -0.15) is 0 Å². The molecule has 14 heteroatoms. The normalized spacial score (nSPS) is 16.4. The van der Waals surface area contributed by atoms with Crippen LogP contribution in [0.2, 0.25) is 0 Å². The molecule has 1 aliphatic heterocycles. The third kappa shape index (κ3) is 12.9. The average Bonchev–Trinajstić information content (AvgIpc) is 3.10. The molecule has 0 radical (unpaired) electrons. The van der Waals surface area contributed by atoms with Gasteiger partial charge >= 0.3 is 18.3 Å². The molecule has 0 spiro atoms. The summed E-state index contributed by atoms with van der Waals surface area (Å²) in [4.78, 5) is 67.1. The number of carbonyl (C=O) groups excluding carboxylic acids is 4. The summed E-state index contributed by atoms with van der Waals surface area (Å²) >= 11 is 0. The molecular weight excluding hydrogens is 646 g/mol. The quantitative estimate of drug-likeness (QED) is 0.163. The first-order valence-corrected chi connectivity index (χ1v) is 17.0. The van der Waals surface area contributed by atoms with E-state index in [2.05, 4.69) is 16.0 Å². The highest BCUT2D eigenvalue weighted by atomic mass is 16.6. The third-order valence-corrected chi connectivity index (χ3v) is 8.41. The Bertz CT molecular complexity index is 1390.